The van der Waals surface area contributed by atoms with E-state index in [2.05, 4.69) is 19.9 Å². The number of fused-ring (bicyclic) bond motifs is 1. The third kappa shape index (κ3) is 2.26. The summed E-state index contributed by atoms with van der Waals surface area (Å²) >= 11 is 0. The first kappa shape index (κ1) is 12.0. The van der Waals surface area contributed by atoms with Crippen LogP contribution in [-0.4, -0.2) is 25.8 Å². The summed E-state index contributed by atoms with van der Waals surface area (Å²) in [6.07, 6.45) is 9.66. The smallest absolute Gasteiger partial charge is 0.241 e. The minimum atomic E-state index is -0.487. The average Bonchev–Trinajstić information content (AvgIpc) is 2.88. The second-order valence-electron chi connectivity index (χ2n) is 4.19. The molecule has 0 unspecified atom stereocenters. The van der Waals surface area contributed by atoms with Crippen LogP contribution in [0.5, 0.6) is 0 Å². The van der Waals surface area contributed by atoms with E-state index in [9.17, 15) is 4.79 Å². The van der Waals surface area contributed by atoms with Gasteiger partial charge in [-0.15, -0.1) is 0 Å². The van der Waals surface area contributed by atoms with Crippen molar-refractivity contribution in [2.45, 2.75) is 0 Å². The van der Waals surface area contributed by atoms with E-state index in [-0.39, 0.29) is 0 Å². The SMILES string of the molecule is NC(=O)C=Cc1c[nH]c2ncc(-c3ccncn3)cc12. The highest BCUT2D eigenvalue weighted by Crippen LogP contribution is 2.23. The van der Waals surface area contributed by atoms with Gasteiger partial charge in [0.2, 0.25) is 5.91 Å². The largest absolute Gasteiger partial charge is 0.366 e. The summed E-state index contributed by atoms with van der Waals surface area (Å²) < 4.78 is 0. The zero-order chi connectivity index (χ0) is 13.9. The minimum Gasteiger partial charge on any atom is -0.366 e. The number of nitrogens with two attached hydrogens (primary N) is 1. The van der Waals surface area contributed by atoms with Crippen molar-refractivity contribution in [3.05, 3.63) is 48.7 Å². The Labute approximate surface area is 114 Å². The van der Waals surface area contributed by atoms with Crippen LogP contribution in [0.15, 0.2) is 43.1 Å². The van der Waals surface area contributed by atoms with Gasteiger partial charge >= 0.3 is 0 Å². The lowest BCUT2D eigenvalue weighted by Gasteiger charge is -2.00. The molecule has 0 aromatic carbocycles. The quantitative estimate of drug-likeness (QED) is 0.701. The van der Waals surface area contributed by atoms with Crippen molar-refractivity contribution in [2.75, 3.05) is 0 Å². The third-order valence-electron chi connectivity index (χ3n) is 2.87. The molecule has 1 amide bonds. The summed E-state index contributed by atoms with van der Waals surface area (Å²) in [5.74, 6) is -0.487. The number of aromatic nitrogens is 4. The number of rotatable bonds is 3. The standard InChI is InChI=1S/C14H11N5O/c15-13(20)2-1-9-6-17-14-11(9)5-10(7-18-14)12-3-4-16-8-19-12/h1-8H,(H2,15,20)(H,17,18). The molecular formula is C14H11N5O. The number of aromatic amines is 1. The van der Waals surface area contributed by atoms with Crippen LogP contribution >= 0.6 is 0 Å². The predicted molar refractivity (Wildman–Crippen MR) is 75.3 cm³/mol. The molecule has 0 saturated heterocycles. The van der Waals surface area contributed by atoms with Gasteiger partial charge in [-0.1, -0.05) is 0 Å². The van der Waals surface area contributed by atoms with Crippen molar-refractivity contribution in [1.29, 1.82) is 0 Å². The summed E-state index contributed by atoms with van der Waals surface area (Å²) in [6.45, 7) is 0. The van der Waals surface area contributed by atoms with Crippen molar-refractivity contribution in [3.8, 4) is 11.3 Å². The fraction of sp³-hybridized carbons (Fsp3) is 0. The zero-order valence-electron chi connectivity index (χ0n) is 10.4. The lowest BCUT2D eigenvalue weighted by molar-refractivity contribution is -0.113. The minimum absolute atomic E-state index is 0.487. The Morgan fingerprint density at radius 2 is 2.25 bits per heavy atom. The topological polar surface area (TPSA) is 97.6 Å². The molecule has 20 heavy (non-hydrogen) atoms. The van der Waals surface area contributed by atoms with E-state index in [0.29, 0.717) is 0 Å². The van der Waals surface area contributed by atoms with Crippen molar-refractivity contribution >= 4 is 23.0 Å². The molecule has 3 aromatic rings. The molecule has 3 rings (SSSR count). The molecule has 0 radical (unpaired) electrons. The van der Waals surface area contributed by atoms with Crippen LogP contribution in [0.25, 0.3) is 28.4 Å². The van der Waals surface area contributed by atoms with Crippen LogP contribution in [0.2, 0.25) is 0 Å². The summed E-state index contributed by atoms with van der Waals surface area (Å²) in [6, 6.07) is 3.77. The van der Waals surface area contributed by atoms with Crippen LogP contribution < -0.4 is 5.73 Å². The first-order valence-corrected chi connectivity index (χ1v) is 5.95. The van der Waals surface area contributed by atoms with E-state index >= 15 is 0 Å². The van der Waals surface area contributed by atoms with Crippen LogP contribution in [-0.2, 0) is 4.79 Å². The normalized spacial score (nSPS) is 11.2. The number of carbonyl (C=O) groups excluding carboxylic acids is 1. The number of nitrogens with one attached hydrogen (secondary N) is 1. The lowest BCUT2D eigenvalue weighted by atomic mass is 10.1. The van der Waals surface area contributed by atoms with E-state index in [1.54, 1.807) is 24.7 Å². The number of primary amides is 1. The van der Waals surface area contributed by atoms with Gasteiger partial charge in [-0.2, -0.15) is 0 Å². The fourth-order valence-electron chi connectivity index (χ4n) is 1.94. The molecule has 0 atom stereocenters. The molecule has 0 aliphatic heterocycles. The second kappa shape index (κ2) is 4.93. The van der Waals surface area contributed by atoms with Crippen LogP contribution in [0, 0.1) is 0 Å². The summed E-state index contributed by atoms with van der Waals surface area (Å²) in [5, 5.41) is 0.901. The lowest BCUT2D eigenvalue weighted by Crippen LogP contribution is -2.04. The first-order valence-electron chi connectivity index (χ1n) is 5.95. The molecule has 0 aliphatic carbocycles. The maximum Gasteiger partial charge on any atom is 0.241 e. The Morgan fingerprint density at radius 1 is 1.35 bits per heavy atom. The van der Waals surface area contributed by atoms with Crippen molar-refractivity contribution in [1.82, 2.24) is 19.9 Å². The Hall–Kier alpha value is -3.02. The van der Waals surface area contributed by atoms with Crippen LogP contribution in [0.4, 0.5) is 0 Å². The van der Waals surface area contributed by atoms with Gasteiger partial charge in [0.25, 0.3) is 0 Å². The highest BCUT2D eigenvalue weighted by atomic mass is 16.1. The summed E-state index contributed by atoms with van der Waals surface area (Å²) in [5.41, 5.74) is 8.37. The average molecular weight is 265 g/mol. The Bertz CT molecular complexity index is 792. The maximum absolute atomic E-state index is 10.8. The molecule has 0 aliphatic rings. The van der Waals surface area contributed by atoms with E-state index < -0.39 is 5.91 Å². The molecule has 6 nitrogen and oxygen atoms in total. The molecule has 3 aromatic heterocycles. The van der Waals surface area contributed by atoms with Gasteiger partial charge in [0.1, 0.15) is 12.0 Å². The Kier molecular flexibility index (Phi) is 2.96. The number of amides is 1. The molecular weight excluding hydrogens is 254 g/mol. The molecule has 0 saturated carbocycles. The number of H-pyrrole nitrogens is 1. The Morgan fingerprint density at radius 3 is 3.00 bits per heavy atom. The maximum atomic E-state index is 10.8. The monoisotopic (exact) mass is 265 g/mol. The number of pyridine rings is 1. The van der Waals surface area contributed by atoms with E-state index in [4.69, 9.17) is 5.73 Å². The molecule has 98 valence electrons. The summed E-state index contributed by atoms with van der Waals surface area (Å²) in [7, 11) is 0. The van der Waals surface area contributed by atoms with Crippen molar-refractivity contribution in [3.63, 3.8) is 0 Å². The van der Waals surface area contributed by atoms with Crippen LogP contribution in [0.3, 0.4) is 0 Å². The van der Waals surface area contributed by atoms with Gasteiger partial charge in [-0.3, -0.25) is 4.79 Å². The third-order valence-corrected chi connectivity index (χ3v) is 2.87. The number of hydrogen-bond acceptors (Lipinski definition) is 4. The molecule has 0 fully saturated rings. The van der Waals surface area contributed by atoms with Crippen LogP contribution in [0.1, 0.15) is 5.56 Å². The Balaban J connectivity index is 2.10. The van der Waals surface area contributed by atoms with Gasteiger partial charge in [-0.25, -0.2) is 15.0 Å². The molecule has 0 spiro atoms. The predicted octanol–water partition coefficient (Wildman–Crippen LogP) is 1.52. The van der Waals surface area contributed by atoms with Gasteiger partial charge in [0.05, 0.1) is 5.69 Å². The van der Waals surface area contributed by atoms with E-state index in [1.807, 2.05) is 12.1 Å². The summed E-state index contributed by atoms with van der Waals surface area (Å²) in [4.78, 5) is 26.3. The van der Waals surface area contributed by atoms with E-state index in [1.165, 1.54) is 12.4 Å². The highest BCUT2D eigenvalue weighted by Gasteiger charge is 2.06. The van der Waals surface area contributed by atoms with Crippen molar-refractivity contribution in [2.24, 2.45) is 5.73 Å². The highest BCUT2D eigenvalue weighted by molar-refractivity contribution is 5.95. The molecule has 6 heteroatoms. The fourth-order valence-corrected chi connectivity index (χ4v) is 1.94. The van der Waals surface area contributed by atoms with Gasteiger partial charge in [0, 0.05) is 41.2 Å². The van der Waals surface area contributed by atoms with Crippen molar-refractivity contribution < 1.29 is 4.79 Å². The van der Waals surface area contributed by atoms with Gasteiger partial charge < -0.3 is 10.7 Å². The van der Waals surface area contributed by atoms with E-state index in [0.717, 1.165) is 27.9 Å². The first-order chi connectivity index (χ1) is 9.74. The second-order valence-corrected chi connectivity index (χ2v) is 4.19. The van der Waals surface area contributed by atoms with Gasteiger partial charge in [-0.05, 0) is 18.2 Å². The zero-order valence-corrected chi connectivity index (χ0v) is 10.4. The van der Waals surface area contributed by atoms with Gasteiger partial charge in [0.15, 0.2) is 0 Å². The number of hydrogen-bond donors (Lipinski definition) is 2. The number of carbonyl (C=O) groups is 1. The molecule has 3 N–H and O–H groups in total. The number of nitrogens with zero attached hydrogens (tertiary/aromatic N) is 3. The molecule has 0 bridgehead atoms. The molecule has 3 heterocycles.